The molecule has 0 saturated carbocycles. The van der Waals surface area contributed by atoms with E-state index in [1.54, 1.807) is 0 Å². The van der Waals surface area contributed by atoms with Gasteiger partial charge in [0.2, 0.25) is 0 Å². The normalized spacial score (nSPS) is 11.7. The molecule has 0 radical (unpaired) electrons. The van der Waals surface area contributed by atoms with Gasteiger partial charge >= 0.3 is 5.97 Å². The molecule has 0 aliphatic rings. The molecular formula is C11H13FN2O3. The monoisotopic (exact) mass is 240 g/mol. The SMILES string of the molecule is COC(=O)C(C)NC(=O)c1ccc(F)c(N)c1. The first kappa shape index (κ1) is 13.0. The van der Waals surface area contributed by atoms with Gasteiger partial charge < -0.3 is 15.8 Å². The van der Waals surface area contributed by atoms with E-state index in [2.05, 4.69) is 10.1 Å². The van der Waals surface area contributed by atoms with E-state index in [1.165, 1.54) is 26.2 Å². The van der Waals surface area contributed by atoms with Crippen molar-refractivity contribution in [3.05, 3.63) is 29.6 Å². The molecule has 0 bridgehead atoms. The summed E-state index contributed by atoms with van der Waals surface area (Å²) in [4.78, 5) is 22.7. The van der Waals surface area contributed by atoms with E-state index < -0.39 is 23.7 Å². The number of methoxy groups -OCH3 is 1. The molecular weight excluding hydrogens is 227 g/mol. The molecule has 1 atom stereocenters. The Morgan fingerprint density at radius 3 is 2.65 bits per heavy atom. The van der Waals surface area contributed by atoms with Crippen molar-refractivity contribution >= 4 is 17.6 Å². The summed E-state index contributed by atoms with van der Waals surface area (Å²) in [6, 6.07) is 2.80. The maximum absolute atomic E-state index is 12.9. The second-order valence-electron chi connectivity index (χ2n) is 3.45. The maximum atomic E-state index is 12.9. The van der Waals surface area contributed by atoms with Gasteiger partial charge in [-0.2, -0.15) is 0 Å². The molecule has 0 saturated heterocycles. The number of amides is 1. The number of esters is 1. The highest BCUT2D eigenvalue weighted by Crippen LogP contribution is 2.12. The van der Waals surface area contributed by atoms with Crippen molar-refractivity contribution in [3.63, 3.8) is 0 Å². The van der Waals surface area contributed by atoms with Crippen molar-refractivity contribution in [3.8, 4) is 0 Å². The highest BCUT2D eigenvalue weighted by atomic mass is 19.1. The second kappa shape index (κ2) is 5.29. The molecule has 1 rings (SSSR count). The van der Waals surface area contributed by atoms with Gasteiger partial charge in [-0.1, -0.05) is 0 Å². The Hall–Kier alpha value is -2.11. The van der Waals surface area contributed by atoms with Crippen LogP contribution in [0.1, 0.15) is 17.3 Å². The number of carbonyl (C=O) groups excluding carboxylic acids is 2. The minimum absolute atomic E-state index is 0.122. The highest BCUT2D eigenvalue weighted by molar-refractivity contribution is 5.97. The molecule has 0 spiro atoms. The van der Waals surface area contributed by atoms with Crippen LogP contribution in [0.5, 0.6) is 0 Å². The predicted molar refractivity (Wildman–Crippen MR) is 59.8 cm³/mol. The smallest absolute Gasteiger partial charge is 0.328 e. The summed E-state index contributed by atoms with van der Waals surface area (Å²) in [6.45, 7) is 1.48. The summed E-state index contributed by atoms with van der Waals surface area (Å²) in [6.07, 6.45) is 0. The van der Waals surface area contributed by atoms with Gasteiger partial charge in [-0.25, -0.2) is 9.18 Å². The number of nitrogen functional groups attached to an aromatic ring is 1. The quantitative estimate of drug-likeness (QED) is 0.602. The van der Waals surface area contributed by atoms with Crippen LogP contribution in [0.3, 0.4) is 0 Å². The number of hydrogen-bond donors (Lipinski definition) is 2. The van der Waals surface area contributed by atoms with Crippen molar-refractivity contribution in [1.29, 1.82) is 0 Å². The summed E-state index contributed by atoms with van der Waals surface area (Å²) >= 11 is 0. The summed E-state index contributed by atoms with van der Waals surface area (Å²) in [5.74, 6) is -1.68. The van der Waals surface area contributed by atoms with Crippen LogP contribution in [-0.2, 0) is 9.53 Å². The largest absolute Gasteiger partial charge is 0.467 e. The Balaban J connectivity index is 2.76. The fourth-order valence-electron chi connectivity index (χ4n) is 1.20. The van der Waals surface area contributed by atoms with Crippen LogP contribution in [0.15, 0.2) is 18.2 Å². The van der Waals surface area contributed by atoms with Crippen molar-refractivity contribution in [2.75, 3.05) is 12.8 Å². The van der Waals surface area contributed by atoms with Crippen molar-refractivity contribution < 1.29 is 18.7 Å². The first-order valence-electron chi connectivity index (χ1n) is 4.89. The van der Waals surface area contributed by atoms with Crippen LogP contribution >= 0.6 is 0 Å². The van der Waals surface area contributed by atoms with E-state index in [9.17, 15) is 14.0 Å². The van der Waals surface area contributed by atoms with Crippen LogP contribution in [0.2, 0.25) is 0 Å². The number of rotatable bonds is 3. The zero-order valence-electron chi connectivity index (χ0n) is 9.49. The lowest BCUT2D eigenvalue weighted by atomic mass is 10.1. The number of ether oxygens (including phenoxy) is 1. The van der Waals surface area contributed by atoms with Gasteiger partial charge in [0.1, 0.15) is 11.9 Å². The number of halogens is 1. The van der Waals surface area contributed by atoms with Crippen LogP contribution < -0.4 is 11.1 Å². The van der Waals surface area contributed by atoms with Crippen LogP contribution in [0, 0.1) is 5.82 Å². The minimum Gasteiger partial charge on any atom is -0.467 e. The molecule has 1 aromatic carbocycles. The lowest BCUT2D eigenvalue weighted by Crippen LogP contribution is -2.39. The van der Waals surface area contributed by atoms with Gasteiger partial charge in [-0.05, 0) is 25.1 Å². The zero-order valence-corrected chi connectivity index (χ0v) is 9.49. The number of anilines is 1. The molecule has 0 aliphatic carbocycles. The number of nitrogens with one attached hydrogen (secondary N) is 1. The van der Waals surface area contributed by atoms with Gasteiger partial charge in [-0.3, -0.25) is 4.79 Å². The Morgan fingerprint density at radius 1 is 1.47 bits per heavy atom. The Labute approximate surface area is 97.7 Å². The topological polar surface area (TPSA) is 81.4 Å². The Kier molecular flexibility index (Phi) is 4.03. The zero-order chi connectivity index (χ0) is 13.0. The number of carbonyl (C=O) groups is 2. The van der Waals surface area contributed by atoms with E-state index in [0.29, 0.717) is 0 Å². The average Bonchev–Trinajstić information content (AvgIpc) is 2.31. The Morgan fingerprint density at radius 2 is 2.12 bits per heavy atom. The molecule has 92 valence electrons. The van der Waals surface area contributed by atoms with Gasteiger partial charge in [0, 0.05) is 5.56 Å². The van der Waals surface area contributed by atoms with E-state index in [-0.39, 0.29) is 11.3 Å². The predicted octanol–water partition coefficient (Wildman–Crippen LogP) is 0.699. The summed E-state index contributed by atoms with van der Waals surface area (Å²) in [7, 11) is 1.22. The van der Waals surface area contributed by atoms with E-state index in [4.69, 9.17) is 5.73 Å². The van der Waals surface area contributed by atoms with Crippen LogP contribution in [0.4, 0.5) is 10.1 Å². The van der Waals surface area contributed by atoms with Gasteiger partial charge in [-0.15, -0.1) is 0 Å². The van der Waals surface area contributed by atoms with E-state index in [0.717, 1.165) is 6.07 Å². The number of nitrogens with two attached hydrogens (primary N) is 1. The lowest BCUT2D eigenvalue weighted by Gasteiger charge is -2.11. The number of benzene rings is 1. The van der Waals surface area contributed by atoms with Crippen molar-refractivity contribution in [2.24, 2.45) is 0 Å². The third-order valence-electron chi connectivity index (χ3n) is 2.16. The minimum atomic E-state index is -0.779. The summed E-state index contributed by atoms with van der Waals surface area (Å²) in [5.41, 5.74) is 5.39. The van der Waals surface area contributed by atoms with E-state index in [1.807, 2.05) is 0 Å². The lowest BCUT2D eigenvalue weighted by molar-refractivity contribution is -0.142. The highest BCUT2D eigenvalue weighted by Gasteiger charge is 2.17. The molecule has 5 nitrogen and oxygen atoms in total. The molecule has 3 N–H and O–H groups in total. The fraction of sp³-hybridized carbons (Fsp3) is 0.273. The summed E-state index contributed by atoms with van der Waals surface area (Å²) in [5, 5.41) is 2.40. The summed E-state index contributed by atoms with van der Waals surface area (Å²) < 4.78 is 17.3. The molecule has 1 aromatic rings. The first-order valence-corrected chi connectivity index (χ1v) is 4.89. The third kappa shape index (κ3) is 3.17. The molecule has 1 amide bonds. The number of hydrogen-bond acceptors (Lipinski definition) is 4. The fourth-order valence-corrected chi connectivity index (χ4v) is 1.20. The Bertz CT molecular complexity index is 448. The van der Waals surface area contributed by atoms with Gasteiger partial charge in [0.15, 0.2) is 0 Å². The molecule has 1 unspecified atom stereocenters. The van der Waals surface area contributed by atoms with Gasteiger partial charge in [0.25, 0.3) is 5.91 Å². The maximum Gasteiger partial charge on any atom is 0.328 e. The first-order chi connectivity index (χ1) is 7.95. The molecule has 0 fully saturated rings. The van der Waals surface area contributed by atoms with E-state index >= 15 is 0 Å². The third-order valence-corrected chi connectivity index (χ3v) is 2.16. The molecule has 0 aromatic heterocycles. The van der Waals surface area contributed by atoms with Crippen molar-refractivity contribution in [2.45, 2.75) is 13.0 Å². The molecule has 0 aliphatic heterocycles. The van der Waals surface area contributed by atoms with Crippen molar-refractivity contribution in [1.82, 2.24) is 5.32 Å². The standard InChI is InChI=1S/C11H13FN2O3/c1-6(11(16)17-2)14-10(15)7-3-4-8(12)9(13)5-7/h3-6H,13H2,1-2H3,(H,14,15). The molecule has 17 heavy (non-hydrogen) atoms. The second-order valence-corrected chi connectivity index (χ2v) is 3.45. The van der Waals surface area contributed by atoms with Gasteiger partial charge in [0.05, 0.1) is 12.8 Å². The molecule has 0 heterocycles. The average molecular weight is 240 g/mol. The van der Waals surface area contributed by atoms with Crippen LogP contribution in [0.25, 0.3) is 0 Å². The molecule has 6 heteroatoms. The van der Waals surface area contributed by atoms with Crippen LogP contribution in [-0.4, -0.2) is 25.0 Å².